The third-order valence-electron chi connectivity index (χ3n) is 4.34. The third kappa shape index (κ3) is 6.89. The molecule has 2 rings (SSSR count). The highest BCUT2D eigenvalue weighted by Crippen LogP contribution is 2.15. The molecule has 28 heavy (non-hydrogen) atoms. The second-order valence-electron chi connectivity index (χ2n) is 7.01. The maximum Gasteiger partial charge on any atom is 0.245 e. The fraction of sp³-hybridized carbons (Fsp3) is 0.364. The van der Waals surface area contributed by atoms with Crippen molar-refractivity contribution >= 4 is 23.4 Å². The number of hydrogen-bond acceptors (Lipinski definition) is 3. The lowest BCUT2D eigenvalue weighted by atomic mass is 10.0. The van der Waals surface area contributed by atoms with Crippen molar-refractivity contribution in [1.82, 2.24) is 10.2 Å². The second-order valence-corrected chi connectivity index (χ2v) is 7.45. The number of amides is 2. The quantitative estimate of drug-likeness (QED) is 0.697. The van der Waals surface area contributed by atoms with Crippen molar-refractivity contribution < 1.29 is 14.3 Å². The van der Waals surface area contributed by atoms with Crippen molar-refractivity contribution in [2.45, 2.75) is 26.3 Å². The molecule has 0 aliphatic carbocycles. The standard InChI is InChI=1S/C22H27ClN2O3/c1-16(2)21(24-20(26)15-17-7-5-4-6-8-17)22(27)25(3)13-14-28-19-11-9-18(23)10-12-19/h4-12,16,21H,13-15H2,1-3H3,(H,24,26). The highest BCUT2D eigenvalue weighted by Gasteiger charge is 2.26. The maximum atomic E-state index is 12.8. The van der Waals surface area contributed by atoms with E-state index in [0.717, 1.165) is 5.56 Å². The largest absolute Gasteiger partial charge is 0.492 e. The van der Waals surface area contributed by atoms with Crippen molar-refractivity contribution in [3.8, 4) is 5.75 Å². The van der Waals surface area contributed by atoms with Crippen LogP contribution >= 0.6 is 11.6 Å². The molecule has 0 spiro atoms. The number of benzene rings is 2. The highest BCUT2D eigenvalue weighted by atomic mass is 35.5. The molecule has 0 aliphatic heterocycles. The molecule has 0 saturated heterocycles. The van der Waals surface area contributed by atoms with E-state index in [2.05, 4.69) is 5.32 Å². The minimum atomic E-state index is -0.572. The SMILES string of the molecule is CC(C)C(NC(=O)Cc1ccccc1)C(=O)N(C)CCOc1ccc(Cl)cc1. The summed E-state index contributed by atoms with van der Waals surface area (Å²) in [7, 11) is 1.71. The average molecular weight is 403 g/mol. The number of hydrogen-bond donors (Lipinski definition) is 1. The molecule has 0 saturated carbocycles. The first-order chi connectivity index (χ1) is 13.4. The van der Waals surface area contributed by atoms with E-state index in [1.807, 2.05) is 44.2 Å². The molecule has 0 heterocycles. The van der Waals surface area contributed by atoms with Gasteiger partial charge in [-0.1, -0.05) is 55.8 Å². The lowest BCUT2D eigenvalue weighted by molar-refractivity contribution is -0.136. The lowest BCUT2D eigenvalue weighted by Gasteiger charge is -2.27. The van der Waals surface area contributed by atoms with E-state index >= 15 is 0 Å². The van der Waals surface area contributed by atoms with E-state index in [1.54, 1.807) is 36.2 Å². The molecule has 1 atom stereocenters. The van der Waals surface area contributed by atoms with Gasteiger partial charge in [0.2, 0.25) is 11.8 Å². The van der Waals surface area contributed by atoms with E-state index in [9.17, 15) is 9.59 Å². The first-order valence-electron chi connectivity index (χ1n) is 9.33. The van der Waals surface area contributed by atoms with Crippen molar-refractivity contribution in [2.75, 3.05) is 20.2 Å². The fourth-order valence-corrected chi connectivity index (χ4v) is 2.82. The van der Waals surface area contributed by atoms with Crippen LogP contribution in [-0.2, 0) is 16.0 Å². The molecule has 0 fully saturated rings. The summed E-state index contributed by atoms with van der Waals surface area (Å²) in [4.78, 5) is 26.7. The monoisotopic (exact) mass is 402 g/mol. The van der Waals surface area contributed by atoms with Crippen molar-refractivity contribution in [3.63, 3.8) is 0 Å². The van der Waals surface area contributed by atoms with Gasteiger partial charge in [0.25, 0.3) is 0 Å². The van der Waals surface area contributed by atoms with Gasteiger partial charge in [-0.3, -0.25) is 9.59 Å². The van der Waals surface area contributed by atoms with Crippen molar-refractivity contribution in [3.05, 3.63) is 65.2 Å². The maximum absolute atomic E-state index is 12.8. The summed E-state index contributed by atoms with van der Waals surface area (Å²) in [6, 6.07) is 16.0. The summed E-state index contributed by atoms with van der Waals surface area (Å²) in [5, 5.41) is 3.52. The number of rotatable bonds is 9. The Morgan fingerprint density at radius 2 is 1.71 bits per heavy atom. The van der Waals surface area contributed by atoms with Crippen LogP contribution < -0.4 is 10.1 Å². The summed E-state index contributed by atoms with van der Waals surface area (Å²) in [6.45, 7) is 4.61. The molecule has 2 aromatic carbocycles. The second kappa shape index (κ2) is 10.7. The smallest absolute Gasteiger partial charge is 0.245 e. The Labute approximate surface area is 171 Å². The first-order valence-corrected chi connectivity index (χ1v) is 9.71. The molecule has 1 unspecified atom stereocenters. The van der Waals surface area contributed by atoms with E-state index in [-0.39, 0.29) is 24.2 Å². The number of halogens is 1. The van der Waals surface area contributed by atoms with Crippen LogP contribution in [0.5, 0.6) is 5.75 Å². The molecular formula is C22H27ClN2O3. The molecule has 2 amide bonds. The minimum Gasteiger partial charge on any atom is -0.492 e. The van der Waals surface area contributed by atoms with Gasteiger partial charge in [-0.05, 0) is 35.7 Å². The molecule has 0 aromatic heterocycles. The van der Waals surface area contributed by atoms with E-state index in [1.165, 1.54) is 0 Å². The molecule has 2 aromatic rings. The van der Waals surface area contributed by atoms with Gasteiger partial charge in [-0.25, -0.2) is 0 Å². The van der Waals surface area contributed by atoms with Crippen LogP contribution in [0.3, 0.4) is 0 Å². The average Bonchev–Trinajstić information content (AvgIpc) is 2.67. The van der Waals surface area contributed by atoms with Gasteiger partial charge < -0.3 is 15.0 Å². The van der Waals surface area contributed by atoms with E-state index < -0.39 is 6.04 Å². The highest BCUT2D eigenvalue weighted by molar-refractivity contribution is 6.30. The van der Waals surface area contributed by atoms with E-state index in [0.29, 0.717) is 23.9 Å². The van der Waals surface area contributed by atoms with Gasteiger partial charge in [-0.15, -0.1) is 0 Å². The zero-order valence-corrected chi connectivity index (χ0v) is 17.3. The molecule has 150 valence electrons. The van der Waals surface area contributed by atoms with Crippen molar-refractivity contribution in [2.24, 2.45) is 5.92 Å². The predicted octanol–water partition coefficient (Wildman–Crippen LogP) is 3.56. The number of likely N-dealkylation sites (N-methyl/N-ethyl adjacent to an activating group) is 1. The number of nitrogens with zero attached hydrogens (tertiary/aromatic N) is 1. The Balaban J connectivity index is 1.86. The van der Waals surface area contributed by atoms with Crippen LogP contribution in [-0.4, -0.2) is 43.0 Å². The Bertz CT molecular complexity index is 763. The molecule has 6 heteroatoms. The first kappa shape index (κ1) is 21.8. The van der Waals surface area contributed by atoms with Gasteiger partial charge in [0.05, 0.1) is 13.0 Å². The number of carbonyl (C=O) groups excluding carboxylic acids is 2. The lowest BCUT2D eigenvalue weighted by Crippen LogP contribution is -2.51. The van der Waals surface area contributed by atoms with Gasteiger partial charge in [0.15, 0.2) is 0 Å². The van der Waals surface area contributed by atoms with E-state index in [4.69, 9.17) is 16.3 Å². The normalized spacial score (nSPS) is 11.8. The van der Waals surface area contributed by atoms with Crippen LogP contribution in [0.15, 0.2) is 54.6 Å². The van der Waals surface area contributed by atoms with Crippen LogP contribution in [0.25, 0.3) is 0 Å². The Hall–Kier alpha value is -2.53. The number of carbonyl (C=O) groups is 2. The Kier molecular flexibility index (Phi) is 8.33. The summed E-state index contributed by atoms with van der Waals surface area (Å²) >= 11 is 5.85. The van der Waals surface area contributed by atoms with Crippen LogP contribution in [0.2, 0.25) is 5.02 Å². The summed E-state index contributed by atoms with van der Waals surface area (Å²) in [6.07, 6.45) is 0.251. The molecule has 5 nitrogen and oxygen atoms in total. The van der Waals surface area contributed by atoms with Crippen molar-refractivity contribution in [1.29, 1.82) is 0 Å². The van der Waals surface area contributed by atoms with Gasteiger partial charge >= 0.3 is 0 Å². The molecular weight excluding hydrogens is 376 g/mol. The molecule has 0 bridgehead atoms. The predicted molar refractivity (Wildman–Crippen MR) is 111 cm³/mol. The topological polar surface area (TPSA) is 58.6 Å². The number of ether oxygens (including phenoxy) is 1. The van der Waals surface area contributed by atoms with Gasteiger partial charge in [0.1, 0.15) is 18.4 Å². The van der Waals surface area contributed by atoms with Crippen LogP contribution in [0.1, 0.15) is 19.4 Å². The summed E-state index contributed by atoms with van der Waals surface area (Å²) in [5.41, 5.74) is 0.916. The zero-order chi connectivity index (χ0) is 20.5. The minimum absolute atomic E-state index is 0.0214. The summed E-state index contributed by atoms with van der Waals surface area (Å²) < 4.78 is 5.64. The third-order valence-corrected chi connectivity index (χ3v) is 4.59. The molecule has 0 aliphatic rings. The van der Waals surface area contributed by atoms with Gasteiger partial charge in [0, 0.05) is 12.1 Å². The Morgan fingerprint density at radius 1 is 1.07 bits per heavy atom. The summed E-state index contributed by atoms with van der Waals surface area (Å²) in [5.74, 6) is 0.383. The molecule has 1 N–H and O–H groups in total. The van der Waals surface area contributed by atoms with Crippen LogP contribution in [0, 0.1) is 5.92 Å². The van der Waals surface area contributed by atoms with Gasteiger partial charge in [-0.2, -0.15) is 0 Å². The number of nitrogens with one attached hydrogen (secondary N) is 1. The molecule has 0 radical (unpaired) electrons. The fourth-order valence-electron chi connectivity index (χ4n) is 2.70. The Morgan fingerprint density at radius 3 is 2.32 bits per heavy atom. The zero-order valence-electron chi connectivity index (χ0n) is 16.5. The van der Waals surface area contributed by atoms with Crippen LogP contribution in [0.4, 0.5) is 0 Å².